The van der Waals surface area contributed by atoms with Gasteiger partial charge in [-0.25, -0.2) is 17.8 Å². The molecular formula is C14H22FN4O3S2+. The Balaban J connectivity index is 1.67. The van der Waals surface area contributed by atoms with E-state index in [1.165, 1.54) is 11.3 Å². The zero-order valence-electron chi connectivity index (χ0n) is 13.5. The van der Waals surface area contributed by atoms with Gasteiger partial charge in [-0.3, -0.25) is 9.52 Å². The van der Waals surface area contributed by atoms with E-state index in [2.05, 4.69) is 15.4 Å². The molecule has 0 radical (unpaired) electrons. The summed E-state index contributed by atoms with van der Waals surface area (Å²) in [4.78, 5) is 19.4. The van der Waals surface area contributed by atoms with Crippen LogP contribution in [0.15, 0.2) is 0 Å². The lowest BCUT2D eigenvalue weighted by Gasteiger charge is -2.26. The van der Waals surface area contributed by atoms with E-state index in [0.717, 1.165) is 23.2 Å². The summed E-state index contributed by atoms with van der Waals surface area (Å²) in [7, 11) is -3.35. The van der Waals surface area contributed by atoms with Gasteiger partial charge in [-0.15, -0.1) is 11.3 Å². The van der Waals surface area contributed by atoms with Crippen molar-refractivity contribution in [2.45, 2.75) is 37.9 Å². The molecule has 1 unspecified atom stereocenters. The molecule has 24 heavy (non-hydrogen) atoms. The first-order chi connectivity index (χ1) is 11.2. The fourth-order valence-electron chi connectivity index (χ4n) is 3.30. The van der Waals surface area contributed by atoms with E-state index < -0.39 is 22.2 Å². The summed E-state index contributed by atoms with van der Waals surface area (Å²) in [6.07, 6.45) is 2.71. The number of fused-ring (bicyclic) bond motifs is 1. The highest BCUT2D eigenvalue weighted by Gasteiger charge is 2.37. The average molecular weight is 377 g/mol. The number of thiazole rings is 1. The lowest BCUT2D eigenvalue weighted by Crippen LogP contribution is -2.71. The molecule has 0 aromatic carbocycles. The second-order valence-corrected chi connectivity index (χ2v) is 9.37. The average Bonchev–Trinajstić information content (AvgIpc) is 3.08. The number of likely N-dealkylation sites (tertiary alicyclic amines) is 1. The molecule has 2 aliphatic rings. The highest BCUT2D eigenvalue weighted by atomic mass is 32.2. The van der Waals surface area contributed by atoms with Crippen LogP contribution in [0.3, 0.4) is 0 Å². The normalized spacial score (nSPS) is 25.4. The van der Waals surface area contributed by atoms with Gasteiger partial charge < -0.3 is 10.6 Å². The van der Waals surface area contributed by atoms with Crippen LogP contribution in [0.2, 0.25) is 0 Å². The summed E-state index contributed by atoms with van der Waals surface area (Å²) in [6.45, 7) is 0.638. The number of aromatic nitrogens is 1. The number of nitrogens with one attached hydrogen (secondary N) is 1. The summed E-state index contributed by atoms with van der Waals surface area (Å²) in [5, 5.41) is 0.370. The molecule has 1 aromatic rings. The van der Waals surface area contributed by atoms with Crippen molar-refractivity contribution in [3.8, 4) is 0 Å². The molecule has 1 amide bonds. The van der Waals surface area contributed by atoms with Gasteiger partial charge in [0, 0.05) is 17.3 Å². The number of carbonyl (C=O) groups is 1. The molecule has 0 bridgehead atoms. The molecule has 134 valence electrons. The van der Waals surface area contributed by atoms with Crippen molar-refractivity contribution < 1.29 is 23.3 Å². The van der Waals surface area contributed by atoms with Crippen LogP contribution in [0.25, 0.3) is 0 Å². The smallest absolute Gasteiger partial charge is 0.281 e. The van der Waals surface area contributed by atoms with Gasteiger partial charge in [0.15, 0.2) is 11.2 Å². The van der Waals surface area contributed by atoms with Gasteiger partial charge >= 0.3 is 0 Å². The Hall–Kier alpha value is -1.26. The van der Waals surface area contributed by atoms with E-state index in [0.29, 0.717) is 30.9 Å². The zero-order valence-corrected chi connectivity index (χ0v) is 15.1. The van der Waals surface area contributed by atoms with Gasteiger partial charge in [-0.1, -0.05) is 0 Å². The van der Waals surface area contributed by atoms with Crippen LogP contribution in [0.1, 0.15) is 23.4 Å². The van der Waals surface area contributed by atoms with Gasteiger partial charge in [0.05, 0.1) is 18.5 Å². The third-order valence-corrected chi connectivity index (χ3v) is 6.31. The summed E-state index contributed by atoms with van der Waals surface area (Å²) in [5.41, 5.74) is 4.92. The van der Waals surface area contributed by atoms with Crippen LogP contribution >= 0.6 is 11.3 Å². The van der Waals surface area contributed by atoms with E-state index >= 15 is 0 Å². The maximum absolute atomic E-state index is 13.3. The Morgan fingerprint density at radius 1 is 1.50 bits per heavy atom. The number of nitrogens with zero attached hydrogens (tertiary/aromatic N) is 2. The highest BCUT2D eigenvalue weighted by Crippen LogP contribution is 2.33. The fraction of sp³-hybridized carbons (Fsp3) is 0.714. The zero-order chi connectivity index (χ0) is 17.5. The number of aryl methyl sites for hydroxylation is 1. The van der Waals surface area contributed by atoms with Crippen LogP contribution < -0.4 is 10.5 Å². The number of amides is 1. The molecule has 3 rings (SSSR count). The summed E-state index contributed by atoms with van der Waals surface area (Å²) in [6, 6.07) is -0.406. The molecule has 1 aliphatic carbocycles. The minimum Gasteiger partial charge on any atom is -0.347 e. The number of hydrogen-bond donors (Lipinski definition) is 2. The maximum atomic E-state index is 13.3. The number of halogens is 1. The molecule has 10 heteroatoms. The van der Waals surface area contributed by atoms with E-state index in [1.807, 2.05) is 0 Å². The molecule has 0 spiro atoms. The van der Waals surface area contributed by atoms with Crippen LogP contribution in [-0.4, -0.2) is 55.8 Å². The van der Waals surface area contributed by atoms with Crippen molar-refractivity contribution in [1.29, 1.82) is 0 Å². The van der Waals surface area contributed by atoms with E-state index in [-0.39, 0.29) is 18.4 Å². The third kappa shape index (κ3) is 3.86. The first-order valence-corrected chi connectivity index (χ1v) is 10.7. The molecular weight excluding hydrogens is 355 g/mol. The Morgan fingerprint density at radius 2 is 2.25 bits per heavy atom. The molecule has 1 aromatic heterocycles. The van der Waals surface area contributed by atoms with Gasteiger partial charge in [0.25, 0.3) is 5.91 Å². The van der Waals surface area contributed by atoms with Crippen LogP contribution in [-0.2, 0) is 27.7 Å². The largest absolute Gasteiger partial charge is 0.347 e. The summed E-state index contributed by atoms with van der Waals surface area (Å²) >= 11 is 1.31. The Bertz CT molecular complexity index is 736. The summed E-state index contributed by atoms with van der Waals surface area (Å²) < 4.78 is 38.3. The van der Waals surface area contributed by atoms with E-state index in [1.54, 1.807) is 4.90 Å². The van der Waals surface area contributed by atoms with Crippen molar-refractivity contribution >= 4 is 32.4 Å². The number of sulfonamides is 1. The molecule has 1 saturated heterocycles. The number of hydrogen-bond acceptors (Lipinski definition) is 5. The van der Waals surface area contributed by atoms with Gasteiger partial charge in [-0.05, 0) is 25.7 Å². The Kier molecular flexibility index (Phi) is 4.80. The molecule has 4 N–H and O–H groups in total. The maximum Gasteiger partial charge on any atom is 0.281 e. The van der Waals surface area contributed by atoms with Gasteiger partial charge in [0.1, 0.15) is 6.17 Å². The van der Waals surface area contributed by atoms with E-state index in [9.17, 15) is 17.6 Å². The number of alkyl halides is 1. The monoisotopic (exact) mass is 377 g/mol. The Labute approximate surface area is 144 Å². The SMILES string of the molecule is CS(=O)(=O)Nc1nc2c(s1)CC([C@H]([NH3+])C(=O)N1CC[C@H](F)C1)CC2. The Morgan fingerprint density at radius 3 is 2.88 bits per heavy atom. The van der Waals surface area contributed by atoms with Crippen molar-refractivity contribution in [1.82, 2.24) is 9.88 Å². The molecule has 3 atom stereocenters. The van der Waals surface area contributed by atoms with Gasteiger partial charge in [-0.2, -0.15) is 0 Å². The highest BCUT2D eigenvalue weighted by molar-refractivity contribution is 7.92. The first kappa shape index (κ1) is 17.6. The second kappa shape index (κ2) is 6.57. The number of quaternary nitrogens is 1. The third-order valence-electron chi connectivity index (χ3n) is 4.58. The standard InChI is InChI=1S/C14H21FN4O3S2/c1-24(21,22)18-14-17-10-3-2-8(6-11(10)23-14)12(16)13(20)19-5-4-9(15)7-19/h8-9,12H,2-7,16H2,1H3,(H,17,18)/p+1/t8?,9-,12-/m0/s1. The second-order valence-electron chi connectivity index (χ2n) is 6.54. The topological polar surface area (TPSA) is 107 Å². The van der Waals surface area contributed by atoms with E-state index in [4.69, 9.17) is 0 Å². The predicted octanol–water partition coefficient (Wildman–Crippen LogP) is -0.200. The predicted molar refractivity (Wildman–Crippen MR) is 88.9 cm³/mol. The summed E-state index contributed by atoms with van der Waals surface area (Å²) in [5.74, 6) is -0.00204. The first-order valence-electron chi connectivity index (χ1n) is 7.95. The number of rotatable bonds is 4. The number of carbonyl (C=O) groups excluding carboxylic acids is 1. The van der Waals surface area contributed by atoms with Crippen molar-refractivity contribution in [3.63, 3.8) is 0 Å². The van der Waals surface area contributed by atoms with Crippen molar-refractivity contribution in [3.05, 3.63) is 10.6 Å². The van der Waals surface area contributed by atoms with Crippen LogP contribution in [0, 0.1) is 5.92 Å². The molecule has 0 saturated carbocycles. The number of anilines is 1. The fourth-order valence-corrected chi connectivity index (χ4v) is 5.24. The van der Waals surface area contributed by atoms with Crippen molar-refractivity contribution in [2.75, 3.05) is 24.1 Å². The quantitative estimate of drug-likeness (QED) is 0.758. The molecule has 2 heterocycles. The van der Waals surface area contributed by atoms with Crippen LogP contribution in [0.5, 0.6) is 0 Å². The molecule has 1 aliphatic heterocycles. The minimum absolute atomic E-state index is 0.0789. The van der Waals surface area contributed by atoms with Crippen molar-refractivity contribution in [2.24, 2.45) is 5.92 Å². The minimum atomic E-state index is -3.35. The molecule has 1 fully saturated rings. The van der Waals surface area contributed by atoms with Gasteiger partial charge in [0.2, 0.25) is 10.0 Å². The molecule has 7 nitrogen and oxygen atoms in total. The van der Waals surface area contributed by atoms with Crippen LogP contribution in [0.4, 0.5) is 9.52 Å². The lowest BCUT2D eigenvalue weighted by atomic mass is 9.85. The lowest BCUT2D eigenvalue weighted by molar-refractivity contribution is -0.418.